The fraction of sp³-hybridized carbons (Fsp3) is 0.0400. The predicted octanol–water partition coefficient (Wildman–Crippen LogP) is 3.67. The van der Waals surface area contributed by atoms with Crippen molar-refractivity contribution < 1.29 is 13.5 Å². The van der Waals surface area contributed by atoms with Crippen molar-refractivity contribution in [3.63, 3.8) is 0 Å². The molecule has 0 bridgehead atoms. The number of fused-ring (bicyclic) bond motifs is 1. The van der Waals surface area contributed by atoms with Crippen LogP contribution >= 0.6 is 0 Å². The summed E-state index contributed by atoms with van der Waals surface area (Å²) >= 11 is 0. The first-order valence-corrected chi connectivity index (χ1v) is 11.6. The third-order valence-electron chi connectivity index (χ3n) is 5.08. The minimum atomic E-state index is -3.75. The number of pyridine rings is 1. The summed E-state index contributed by atoms with van der Waals surface area (Å²) < 4.78 is 22.7. The number of primary sulfonamides is 1. The summed E-state index contributed by atoms with van der Waals surface area (Å²) in [6.07, 6.45) is 5.39. The maximum absolute atomic E-state index is 12.3. The first-order chi connectivity index (χ1) is 15.8. The summed E-state index contributed by atoms with van der Waals surface area (Å²) in [7, 11) is -3.75. The van der Waals surface area contributed by atoms with Crippen LogP contribution in [0, 0.1) is 0 Å². The number of hydrogen-bond donors (Lipinski definition) is 3. The number of rotatable bonds is 6. The van der Waals surface area contributed by atoms with E-state index >= 15 is 0 Å². The van der Waals surface area contributed by atoms with Crippen LogP contribution in [0.2, 0.25) is 0 Å². The van der Waals surface area contributed by atoms with E-state index in [1.807, 2.05) is 54.6 Å². The number of aromatic hydroxyl groups is 1. The Labute approximate surface area is 190 Å². The van der Waals surface area contributed by atoms with Gasteiger partial charge in [0.1, 0.15) is 0 Å². The predicted molar refractivity (Wildman–Crippen MR) is 131 cm³/mol. The molecule has 0 fully saturated rings. The molecule has 0 spiro atoms. The number of aromatic amines is 1. The van der Waals surface area contributed by atoms with Gasteiger partial charge in [0.25, 0.3) is 5.56 Å². The smallest absolute Gasteiger partial charge is 0.258 e. The first kappa shape index (κ1) is 22.2. The Morgan fingerprint density at radius 1 is 0.909 bits per heavy atom. The molecule has 0 aliphatic heterocycles. The van der Waals surface area contributed by atoms with E-state index in [9.17, 15) is 18.3 Å². The van der Waals surface area contributed by atoms with Crippen LogP contribution in [-0.4, -0.2) is 24.7 Å². The second-order valence-corrected chi connectivity index (χ2v) is 8.99. The van der Waals surface area contributed by atoms with Gasteiger partial charge in [0.2, 0.25) is 15.9 Å². The fourth-order valence-corrected chi connectivity index (χ4v) is 3.89. The normalized spacial score (nSPS) is 12.2. The van der Waals surface area contributed by atoms with Crippen molar-refractivity contribution in [3.05, 3.63) is 105 Å². The number of nitrogens with zero attached hydrogens (tertiary/aromatic N) is 1. The first-order valence-electron chi connectivity index (χ1n) is 10.0. The highest BCUT2D eigenvalue weighted by Crippen LogP contribution is 2.23. The van der Waals surface area contributed by atoms with E-state index in [1.165, 1.54) is 18.3 Å². The van der Waals surface area contributed by atoms with Crippen LogP contribution in [0.3, 0.4) is 0 Å². The molecule has 33 heavy (non-hydrogen) atoms. The quantitative estimate of drug-likeness (QED) is 0.300. The molecule has 1 heterocycles. The third-order valence-corrected chi connectivity index (χ3v) is 6.01. The molecule has 7 nitrogen and oxygen atoms in total. The molecule has 0 unspecified atom stereocenters. The summed E-state index contributed by atoms with van der Waals surface area (Å²) in [5.74, 6) is -0.273. The zero-order chi connectivity index (χ0) is 23.4. The Hall–Kier alpha value is -4.01. The van der Waals surface area contributed by atoms with Gasteiger partial charge >= 0.3 is 0 Å². The Morgan fingerprint density at radius 2 is 1.61 bits per heavy atom. The van der Waals surface area contributed by atoms with Crippen molar-refractivity contribution in [1.82, 2.24) is 4.98 Å². The Balaban J connectivity index is 1.64. The maximum atomic E-state index is 12.3. The number of nitrogens with two attached hydrogens (primary N) is 1. The monoisotopic (exact) mass is 459 g/mol. The van der Waals surface area contributed by atoms with Crippen LogP contribution in [-0.2, 0) is 16.6 Å². The second kappa shape index (κ2) is 9.23. The highest BCUT2D eigenvalue weighted by molar-refractivity contribution is 7.89. The van der Waals surface area contributed by atoms with Gasteiger partial charge in [0.15, 0.2) is 0 Å². The summed E-state index contributed by atoms with van der Waals surface area (Å²) in [4.78, 5) is 19.1. The van der Waals surface area contributed by atoms with Crippen LogP contribution in [0.25, 0.3) is 22.9 Å². The van der Waals surface area contributed by atoms with Gasteiger partial charge in [-0.25, -0.2) is 13.6 Å². The molecule has 166 valence electrons. The van der Waals surface area contributed by atoms with Gasteiger partial charge in [-0.15, -0.1) is 0 Å². The van der Waals surface area contributed by atoms with Crippen LogP contribution in [0.1, 0.15) is 22.3 Å². The zero-order valence-electron chi connectivity index (χ0n) is 17.5. The molecule has 0 radical (unpaired) electrons. The van der Waals surface area contributed by atoms with Crippen molar-refractivity contribution >= 4 is 39.2 Å². The number of hydrogen-bond acceptors (Lipinski definition) is 5. The number of H-pyrrole nitrogens is 1. The van der Waals surface area contributed by atoms with Crippen molar-refractivity contribution in [1.29, 1.82) is 0 Å². The molecule has 0 amide bonds. The lowest BCUT2D eigenvalue weighted by atomic mass is 10.0. The minimum absolute atomic E-state index is 0.0237. The van der Waals surface area contributed by atoms with Crippen LogP contribution in [0.5, 0.6) is 5.88 Å². The SMILES string of the molecule is NS(=O)(=O)c1ccc(CN=Cc2c(O)[nH]c(=O)c3ccc(C=Cc4ccccc4)cc23)cc1. The maximum Gasteiger partial charge on any atom is 0.258 e. The Morgan fingerprint density at radius 3 is 2.30 bits per heavy atom. The fourth-order valence-electron chi connectivity index (χ4n) is 3.37. The van der Waals surface area contributed by atoms with Gasteiger partial charge in [0.05, 0.1) is 17.0 Å². The standard InChI is InChI=1S/C25H21N3O4S/c26-33(31,32)20-11-8-19(9-12-20)15-27-16-23-22-14-18(7-6-17-4-2-1-3-5-17)10-13-21(22)24(29)28-25(23)30/h1-14,16H,15H2,(H2,26,31,32)(H2,28,29,30). The molecular weight excluding hydrogens is 438 g/mol. The lowest BCUT2D eigenvalue weighted by Gasteiger charge is -2.06. The lowest BCUT2D eigenvalue weighted by molar-refractivity contribution is 0.452. The largest absolute Gasteiger partial charge is 0.494 e. The van der Waals surface area contributed by atoms with Crippen molar-refractivity contribution in [3.8, 4) is 5.88 Å². The lowest BCUT2D eigenvalue weighted by Crippen LogP contribution is -2.11. The minimum Gasteiger partial charge on any atom is -0.494 e. The van der Waals surface area contributed by atoms with E-state index < -0.39 is 15.6 Å². The van der Waals surface area contributed by atoms with Gasteiger partial charge in [-0.1, -0.05) is 60.7 Å². The number of nitrogens with one attached hydrogen (secondary N) is 1. The molecule has 4 N–H and O–H groups in total. The number of aromatic nitrogens is 1. The topological polar surface area (TPSA) is 126 Å². The van der Waals surface area contributed by atoms with Crippen LogP contribution in [0.15, 0.2) is 87.5 Å². The van der Waals surface area contributed by atoms with Crippen LogP contribution in [0.4, 0.5) is 0 Å². The number of benzene rings is 3. The zero-order valence-corrected chi connectivity index (χ0v) is 18.3. The molecule has 3 aromatic carbocycles. The van der Waals surface area contributed by atoms with E-state index in [-0.39, 0.29) is 17.3 Å². The van der Waals surface area contributed by atoms with E-state index in [1.54, 1.807) is 18.2 Å². The molecule has 4 rings (SSSR count). The second-order valence-electron chi connectivity index (χ2n) is 7.42. The van der Waals surface area contributed by atoms with E-state index in [4.69, 9.17) is 5.14 Å². The number of sulfonamides is 1. The highest BCUT2D eigenvalue weighted by atomic mass is 32.2. The number of aliphatic imine (C=N–C) groups is 1. The molecule has 0 aliphatic carbocycles. The Kier molecular flexibility index (Phi) is 6.21. The van der Waals surface area contributed by atoms with Crippen molar-refractivity contribution in [2.45, 2.75) is 11.4 Å². The molecule has 4 aromatic rings. The third kappa shape index (κ3) is 5.25. The summed E-state index contributed by atoms with van der Waals surface area (Å²) in [6, 6.07) is 21.3. The van der Waals surface area contributed by atoms with E-state index in [0.29, 0.717) is 16.3 Å². The van der Waals surface area contributed by atoms with E-state index in [2.05, 4.69) is 9.98 Å². The summed E-state index contributed by atoms with van der Waals surface area (Å²) in [6.45, 7) is 0.249. The molecular formula is C25H21N3O4S. The molecule has 8 heteroatoms. The summed E-state index contributed by atoms with van der Waals surface area (Å²) in [5.41, 5.74) is 2.67. The van der Waals surface area contributed by atoms with E-state index in [0.717, 1.165) is 16.7 Å². The highest BCUT2D eigenvalue weighted by Gasteiger charge is 2.10. The average Bonchev–Trinajstić information content (AvgIpc) is 2.80. The Bertz CT molecular complexity index is 1520. The molecule has 1 aromatic heterocycles. The molecule has 0 atom stereocenters. The van der Waals surface area contributed by atoms with Gasteiger partial charge in [-0.05, 0) is 41.0 Å². The molecule has 0 saturated carbocycles. The molecule has 0 aliphatic rings. The van der Waals surface area contributed by atoms with Gasteiger partial charge < -0.3 is 5.11 Å². The molecule has 0 saturated heterocycles. The average molecular weight is 460 g/mol. The van der Waals surface area contributed by atoms with Gasteiger partial charge in [-0.2, -0.15) is 0 Å². The van der Waals surface area contributed by atoms with Gasteiger partial charge in [0, 0.05) is 17.0 Å². The van der Waals surface area contributed by atoms with Crippen molar-refractivity contribution in [2.24, 2.45) is 10.1 Å². The summed E-state index contributed by atoms with van der Waals surface area (Å²) in [5, 5.41) is 16.5. The van der Waals surface area contributed by atoms with Gasteiger partial charge in [-0.3, -0.25) is 14.8 Å². The van der Waals surface area contributed by atoms with Crippen molar-refractivity contribution in [2.75, 3.05) is 0 Å². The van der Waals surface area contributed by atoms with Crippen LogP contribution < -0.4 is 10.7 Å².